The summed E-state index contributed by atoms with van der Waals surface area (Å²) in [6.45, 7) is 3.05. The highest BCUT2D eigenvalue weighted by molar-refractivity contribution is 5.86. The van der Waals surface area contributed by atoms with Crippen LogP contribution in [0.1, 0.15) is 19.7 Å². The number of halogens is 3. The number of anilines is 1. The van der Waals surface area contributed by atoms with Crippen LogP contribution in [0.4, 0.5) is 14.6 Å². The number of aliphatic hydroxyl groups is 1. The fourth-order valence-corrected chi connectivity index (χ4v) is 2.26. The molecule has 0 bridgehead atoms. The summed E-state index contributed by atoms with van der Waals surface area (Å²) in [5.74, 6) is 4.35. The Morgan fingerprint density at radius 2 is 1.88 bits per heavy atom. The van der Waals surface area contributed by atoms with Crippen molar-refractivity contribution in [1.82, 2.24) is 19.5 Å². The molecule has 0 aliphatic rings. The first-order valence-corrected chi connectivity index (χ1v) is 7.36. The van der Waals surface area contributed by atoms with Crippen molar-refractivity contribution in [2.24, 2.45) is 7.05 Å². The molecule has 26 heavy (non-hydrogen) atoms. The monoisotopic (exact) mass is 379 g/mol. The van der Waals surface area contributed by atoms with Crippen LogP contribution in [0.5, 0.6) is 0 Å². The van der Waals surface area contributed by atoms with Crippen LogP contribution in [0, 0.1) is 23.5 Å². The van der Waals surface area contributed by atoms with E-state index < -0.39 is 17.2 Å². The van der Waals surface area contributed by atoms with E-state index in [0.29, 0.717) is 5.65 Å². The molecule has 0 unspecified atom stereocenters. The fourth-order valence-electron chi connectivity index (χ4n) is 2.26. The molecule has 2 aromatic heterocycles. The van der Waals surface area contributed by atoms with E-state index in [0.717, 1.165) is 18.2 Å². The van der Waals surface area contributed by atoms with Crippen LogP contribution in [0.3, 0.4) is 0 Å². The first-order chi connectivity index (χ1) is 11.7. The largest absolute Gasteiger partial charge is 0.382 e. The molecule has 3 rings (SSSR count). The first kappa shape index (κ1) is 19.6. The number of hydrogen-bond donors (Lipinski definition) is 2. The summed E-state index contributed by atoms with van der Waals surface area (Å²) in [5.41, 5.74) is 5.26. The number of nitrogen functional groups attached to an aromatic ring is 1. The second-order valence-electron chi connectivity index (χ2n) is 6.03. The highest BCUT2D eigenvalue weighted by atomic mass is 35.5. The summed E-state index contributed by atoms with van der Waals surface area (Å²) in [5, 5.41) is 9.67. The molecule has 0 atom stereocenters. The Morgan fingerprint density at radius 3 is 2.54 bits per heavy atom. The average molecular weight is 380 g/mol. The maximum Gasteiger partial charge on any atom is 0.209 e. The summed E-state index contributed by atoms with van der Waals surface area (Å²) in [6.07, 6.45) is 0. The number of aromatic nitrogens is 4. The minimum Gasteiger partial charge on any atom is -0.382 e. The zero-order valence-electron chi connectivity index (χ0n) is 14.2. The SMILES string of the molecule is Cl.Cn1c(-c2cc(F)ccc2F)nc2c(N)nc(C#CC(C)(C)O)nc21. The van der Waals surface area contributed by atoms with Gasteiger partial charge in [0.25, 0.3) is 0 Å². The normalized spacial score (nSPS) is 11.0. The number of benzene rings is 1. The molecule has 0 spiro atoms. The van der Waals surface area contributed by atoms with Crippen LogP contribution in [0.15, 0.2) is 18.2 Å². The molecule has 136 valence electrons. The van der Waals surface area contributed by atoms with Crippen molar-refractivity contribution in [1.29, 1.82) is 0 Å². The lowest BCUT2D eigenvalue weighted by atomic mass is 10.1. The molecular weight excluding hydrogens is 364 g/mol. The standard InChI is InChI=1S/C17H15F2N5O.ClH/c1-17(2,25)7-6-12-21-14(20)13-16(22-12)24(3)15(23-13)10-8-9(18)4-5-11(10)19;/h4-5,8,25H,1-3H3,(H2,20,21,22);1H. The number of nitrogens with zero attached hydrogens (tertiary/aromatic N) is 4. The first-order valence-electron chi connectivity index (χ1n) is 7.36. The Kier molecular flexibility index (Phi) is 5.16. The average Bonchev–Trinajstić information content (AvgIpc) is 2.85. The maximum absolute atomic E-state index is 14.1. The Bertz CT molecular complexity index is 1050. The summed E-state index contributed by atoms with van der Waals surface area (Å²) in [7, 11) is 1.61. The Labute approximate surface area is 154 Å². The molecule has 0 aliphatic heterocycles. The molecule has 0 saturated carbocycles. The molecule has 0 saturated heterocycles. The summed E-state index contributed by atoms with van der Waals surface area (Å²) in [6, 6.07) is 3.11. The van der Waals surface area contributed by atoms with Gasteiger partial charge in [-0.2, -0.15) is 0 Å². The lowest BCUT2D eigenvalue weighted by Crippen LogP contribution is -2.14. The van der Waals surface area contributed by atoms with E-state index in [1.807, 2.05) is 0 Å². The zero-order valence-corrected chi connectivity index (χ0v) is 15.0. The summed E-state index contributed by atoms with van der Waals surface area (Å²) >= 11 is 0. The summed E-state index contributed by atoms with van der Waals surface area (Å²) in [4.78, 5) is 12.5. The van der Waals surface area contributed by atoms with E-state index in [1.165, 1.54) is 18.4 Å². The lowest BCUT2D eigenvalue weighted by molar-refractivity contribution is 0.143. The van der Waals surface area contributed by atoms with E-state index in [9.17, 15) is 13.9 Å². The molecule has 0 radical (unpaired) electrons. The van der Waals surface area contributed by atoms with Crippen molar-refractivity contribution >= 4 is 29.4 Å². The quantitative estimate of drug-likeness (QED) is 0.634. The molecule has 0 aliphatic carbocycles. The van der Waals surface area contributed by atoms with Crippen LogP contribution < -0.4 is 5.73 Å². The van der Waals surface area contributed by atoms with E-state index in [-0.39, 0.29) is 41.0 Å². The molecule has 2 heterocycles. The number of hydrogen-bond acceptors (Lipinski definition) is 5. The number of fused-ring (bicyclic) bond motifs is 1. The second kappa shape index (κ2) is 6.86. The number of imidazole rings is 1. The van der Waals surface area contributed by atoms with E-state index >= 15 is 0 Å². The van der Waals surface area contributed by atoms with Gasteiger partial charge in [0.05, 0.1) is 5.56 Å². The number of rotatable bonds is 1. The minimum atomic E-state index is -1.21. The highest BCUT2D eigenvalue weighted by Crippen LogP contribution is 2.27. The van der Waals surface area contributed by atoms with Crippen LogP contribution >= 0.6 is 12.4 Å². The number of nitrogens with two attached hydrogens (primary N) is 1. The van der Waals surface area contributed by atoms with Crippen molar-refractivity contribution < 1.29 is 13.9 Å². The van der Waals surface area contributed by atoms with E-state index in [1.54, 1.807) is 7.05 Å². The third kappa shape index (κ3) is 3.74. The van der Waals surface area contributed by atoms with Gasteiger partial charge in [0.2, 0.25) is 5.82 Å². The van der Waals surface area contributed by atoms with Gasteiger partial charge in [-0.3, -0.25) is 0 Å². The summed E-state index contributed by atoms with van der Waals surface area (Å²) < 4.78 is 29.0. The molecular formula is C17H16ClF2N5O. The molecule has 1 aromatic carbocycles. The van der Waals surface area contributed by atoms with Gasteiger partial charge in [0.15, 0.2) is 17.0 Å². The van der Waals surface area contributed by atoms with Crippen molar-refractivity contribution in [3.8, 4) is 23.2 Å². The van der Waals surface area contributed by atoms with Gasteiger partial charge in [-0.15, -0.1) is 12.4 Å². The smallest absolute Gasteiger partial charge is 0.209 e. The second-order valence-corrected chi connectivity index (χ2v) is 6.03. The zero-order chi connectivity index (χ0) is 18.4. The van der Waals surface area contributed by atoms with Crippen LogP contribution in [0.2, 0.25) is 0 Å². The van der Waals surface area contributed by atoms with Gasteiger partial charge in [-0.05, 0) is 38.0 Å². The van der Waals surface area contributed by atoms with Crippen molar-refractivity contribution in [3.05, 3.63) is 35.7 Å². The third-order valence-electron chi connectivity index (χ3n) is 3.40. The van der Waals surface area contributed by atoms with Crippen LogP contribution in [0.25, 0.3) is 22.6 Å². The Hall–Kier alpha value is -2.76. The van der Waals surface area contributed by atoms with Gasteiger partial charge < -0.3 is 15.4 Å². The molecule has 0 amide bonds. The predicted octanol–water partition coefficient (Wildman–Crippen LogP) is 2.43. The maximum atomic E-state index is 14.1. The molecule has 0 fully saturated rings. The van der Waals surface area contributed by atoms with Gasteiger partial charge in [-0.25, -0.2) is 23.7 Å². The lowest BCUT2D eigenvalue weighted by Gasteiger charge is -2.06. The predicted molar refractivity (Wildman–Crippen MR) is 96.5 cm³/mol. The van der Waals surface area contributed by atoms with Gasteiger partial charge >= 0.3 is 0 Å². The third-order valence-corrected chi connectivity index (χ3v) is 3.40. The van der Waals surface area contributed by atoms with Crippen molar-refractivity contribution in [2.45, 2.75) is 19.4 Å². The van der Waals surface area contributed by atoms with Crippen molar-refractivity contribution in [3.63, 3.8) is 0 Å². The van der Waals surface area contributed by atoms with E-state index in [4.69, 9.17) is 5.73 Å². The molecule has 9 heteroatoms. The Balaban J connectivity index is 0.00000243. The Morgan fingerprint density at radius 1 is 1.19 bits per heavy atom. The minimum absolute atomic E-state index is 0. The van der Waals surface area contributed by atoms with Gasteiger partial charge in [-0.1, -0.05) is 5.92 Å². The fraction of sp³-hybridized carbons (Fsp3) is 0.235. The van der Waals surface area contributed by atoms with Crippen LogP contribution in [-0.4, -0.2) is 30.2 Å². The molecule has 6 nitrogen and oxygen atoms in total. The van der Waals surface area contributed by atoms with Gasteiger partial charge in [0, 0.05) is 7.05 Å². The van der Waals surface area contributed by atoms with Gasteiger partial charge in [0.1, 0.15) is 23.1 Å². The number of aryl methyl sites for hydroxylation is 1. The van der Waals surface area contributed by atoms with Crippen molar-refractivity contribution in [2.75, 3.05) is 5.73 Å². The topological polar surface area (TPSA) is 89.9 Å². The van der Waals surface area contributed by atoms with E-state index in [2.05, 4.69) is 26.8 Å². The van der Waals surface area contributed by atoms with Crippen LogP contribution in [-0.2, 0) is 7.05 Å². The highest BCUT2D eigenvalue weighted by Gasteiger charge is 2.18. The molecule has 3 aromatic rings. The molecule has 3 N–H and O–H groups in total.